The largest absolute Gasteiger partial charge is 0.467 e. The third-order valence-corrected chi connectivity index (χ3v) is 17.7. The van der Waals surface area contributed by atoms with Crippen molar-refractivity contribution in [1.29, 1.82) is 0 Å². The number of ether oxygens (including phenoxy) is 2. The van der Waals surface area contributed by atoms with Gasteiger partial charge in [0, 0.05) is 31.8 Å². The van der Waals surface area contributed by atoms with E-state index in [9.17, 15) is 19.2 Å². The minimum absolute atomic E-state index is 0.00728. The van der Waals surface area contributed by atoms with Crippen LogP contribution in [0.3, 0.4) is 0 Å². The minimum atomic E-state index is -0.413. The van der Waals surface area contributed by atoms with Crippen LogP contribution in [-0.2, 0) is 28.7 Å². The molecule has 1 N–H and O–H groups in total. The number of nitrogens with one attached hydrogen (secondary N) is 1. The monoisotopic (exact) mass is 751 g/mol. The maximum absolute atomic E-state index is 14.5. The Labute approximate surface area is 327 Å². The van der Waals surface area contributed by atoms with Crippen molar-refractivity contribution in [2.75, 3.05) is 20.2 Å². The first-order chi connectivity index (χ1) is 25.5. The number of carbonyl (C=O) groups excluding carboxylic acids is 4. The van der Waals surface area contributed by atoms with E-state index >= 15 is 0 Å². The Balaban J connectivity index is 1.06. The summed E-state index contributed by atoms with van der Waals surface area (Å²) in [5.74, 6) is 2.32. The number of hydrogen-bond donors (Lipinski definition) is 1. The summed E-state index contributed by atoms with van der Waals surface area (Å²) in [6, 6.07) is -0.413. The molecule has 0 bridgehead atoms. The summed E-state index contributed by atoms with van der Waals surface area (Å²) in [7, 11) is 1.39. The molecule has 0 aromatic heterocycles. The van der Waals surface area contributed by atoms with Crippen molar-refractivity contribution in [2.24, 2.45) is 56.7 Å². The number of likely N-dealkylation sites (tertiary alicyclic amines) is 1. The van der Waals surface area contributed by atoms with E-state index in [2.05, 4.69) is 53.4 Å². The van der Waals surface area contributed by atoms with Crippen molar-refractivity contribution >= 4 is 23.8 Å². The molecule has 2 amide bonds. The molecule has 6 aliphatic rings. The van der Waals surface area contributed by atoms with Gasteiger partial charge in [0.2, 0.25) is 11.8 Å². The lowest BCUT2D eigenvalue weighted by Crippen LogP contribution is -2.67. The van der Waals surface area contributed by atoms with Crippen LogP contribution in [0.1, 0.15) is 164 Å². The summed E-state index contributed by atoms with van der Waals surface area (Å²) >= 11 is 0. The quantitative estimate of drug-likeness (QED) is 0.121. The molecule has 1 heterocycles. The third kappa shape index (κ3) is 6.77. The summed E-state index contributed by atoms with van der Waals surface area (Å²) in [6.07, 6.45) is 17.9. The molecule has 0 aromatic rings. The molecule has 8 nitrogen and oxygen atoms in total. The molecule has 5 saturated carbocycles. The summed E-state index contributed by atoms with van der Waals surface area (Å²) < 4.78 is 10.9. The van der Waals surface area contributed by atoms with E-state index in [-0.39, 0.29) is 51.0 Å². The van der Waals surface area contributed by atoms with Crippen LogP contribution in [-0.4, -0.2) is 61.0 Å². The van der Waals surface area contributed by atoms with Gasteiger partial charge in [0.15, 0.2) is 0 Å². The predicted octanol–water partition coefficient (Wildman–Crippen LogP) is 9.20. The second kappa shape index (κ2) is 15.5. The molecule has 0 aromatic carbocycles. The van der Waals surface area contributed by atoms with Crippen LogP contribution in [0.4, 0.5) is 0 Å². The van der Waals surface area contributed by atoms with Crippen LogP contribution in [0.15, 0.2) is 12.2 Å². The number of fused-ring (bicyclic) bond motifs is 7. The highest BCUT2D eigenvalue weighted by Crippen LogP contribution is 2.77. The van der Waals surface area contributed by atoms with Crippen LogP contribution in [0, 0.1) is 56.7 Å². The molecular formula is C46H74N2O6. The highest BCUT2D eigenvalue weighted by Gasteiger charge is 2.72. The number of amides is 2. The highest BCUT2D eigenvalue weighted by atomic mass is 16.5. The molecule has 54 heavy (non-hydrogen) atoms. The van der Waals surface area contributed by atoms with Gasteiger partial charge < -0.3 is 19.7 Å². The second-order valence-electron chi connectivity index (χ2n) is 20.3. The van der Waals surface area contributed by atoms with Crippen molar-refractivity contribution in [3.8, 4) is 0 Å². The Morgan fingerprint density at radius 2 is 1.50 bits per heavy atom. The van der Waals surface area contributed by atoms with Gasteiger partial charge in [-0.25, -0.2) is 4.79 Å². The van der Waals surface area contributed by atoms with Gasteiger partial charge in [0.25, 0.3) is 0 Å². The van der Waals surface area contributed by atoms with E-state index in [0.29, 0.717) is 61.4 Å². The van der Waals surface area contributed by atoms with Gasteiger partial charge >= 0.3 is 11.9 Å². The van der Waals surface area contributed by atoms with Gasteiger partial charge in [0.05, 0.1) is 12.5 Å². The Morgan fingerprint density at radius 3 is 2.20 bits per heavy atom. The summed E-state index contributed by atoms with van der Waals surface area (Å²) in [5, 5.41) is 3.48. The predicted molar refractivity (Wildman–Crippen MR) is 212 cm³/mol. The second-order valence-corrected chi connectivity index (χ2v) is 20.3. The Kier molecular flexibility index (Phi) is 11.9. The van der Waals surface area contributed by atoms with Crippen LogP contribution in [0.5, 0.6) is 0 Å². The minimum Gasteiger partial charge on any atom is -0.467 e. The molecule has 5 aliphatic carbocycles. The number of allylic oxidation sites excluding steroid dienone is 1. The molecule has 11 atom stereocenters. The van der Waals surface area contributed by atoms with E-state index < -0.39 is 6.04 Å². The first-order valence-corrected chi connectivity index (χ1v) is 22.0. The van der Waals surface area contributed by atoms with Crippen LogP contribution >= 0.6 is 0 Å². The molecule has 6 fully saturated rings. The standard InChI is InChI=1S/C46H74N2O6/c1-30(2)32-20-25-46(41(52)47-28-14-12-10-11-13-17-38(50)48-29-15-16-34(48)40(51)53-9)27-26-44(7)33(39(32)46)18-19-36-43(6)23-22-37(54-31(3)49)42(4,5)35(43)21-24-45(36,44)8/h32-37,39H,1,10-29H2,2-9H3,(H,47,52)/t32-,33+,34-,35-,36+,37-,39+,43-,44+,45+,46-/m0/s1. The average molecular weight is 751 g/mol. The molecule has 1 aliphatic heterocycles. The number of nitrogens with zero attached hydrogens (tertiary/aromatic N) is 1. The van der Waals surface area contributed by atoms with Gasteiger partial charge in [-0.3, -0.25) is 14.4 Å². The SMILES string of the molecule is C=C(C)[C@@H]1CC[C@]2(C(=O)NCCCCCCCC(=O)N3CCC[C@H]3C(=O)OC)CC[C@]3(C)[C@H](CC[C@@H]4[C@@]5(C)CC[C@H](OC(C)=O)C(C)(C)[C@@H]5CC[C@]43C)[C@@H]12. The van der Waals surface area contributed by atoms with E-state index in [4.69, 9.17) is 9.47 Å². The lowest BCUT2D eigenvalue weighted by molar-refractivity contribution is -0.248. The number of esters is 2. The Morgan fingerprint density at radius 1 is 0.778 bits per heavy atom. The number of rotatable bonds is 12. The summed E-state index contributed by atoms with van der Waals surface area (Å²) in [6.45, 7) is 22.3. The van der Waals surface area contributed by atoms with E-state index in [1.54, 1.807) is 11.8 Å². The molecule has 0 radical (unpaired) electrons. The first kappa shape index (κ1) is 41.3. The molecule has 0 spiro atoms. The van der Waals surface area contributed by atoms with Gasteiger partial charge in [-0.1, -0.05) is 66.0 Å². The van der Waals surface area contributed by atoms with E-state index in [1.165, 1.54) is 38.4 Å². The number of hydrogen-bond acceptors (Lipinski definition) is 6. The number of methoxy groups -OCH3 is 1. The smallest absolute Gasteiger partial charge is 0.328 e. The van der Waals surface area contributed by atoms with Gasteiger partial charge in [-0.15, -0.1) is 0 Å². The number of carbonyl (C=O) groups is 4. The average Bonchev–Trinajstić information content (AvgIpc) is 3.77. The van der Waals surface area contributed by atoms with Crippen LogP contribution in [0.2, 0.25) is 0 Å². The fourth-order valence-electron chi connectivity index (χ4n) is 14.8. The zero-order chi connectivity index (χ0) is 39.3. The molecule has 0 unspecified atom stereocenters. The van der Waals surface area contributed by atoms with Crippen molar-refractivity contribution in [2.45, 2.75) is 176 Å². The lowest BCUT2D eigenvalue weighted by atomic mass is 9.32. The molecule has 1 saturated heterocycles. The van der Waals surface area contributed by atoms with Gasteiger partial charge in [-0.05, 0) is 143 Å². The summed E-state index contributed by atoms with van der Waals surface area (Å²) in [4.78, 5) is 53.1. The first-order valence-electron chi connectivity index (χ1n) is 22.0. The van der Waals surface area contributed by atoms with Crippen molar-refractivity contribution in [1.82, 2.24) is 10.2 Å². The fraction of sp³-hybridized carbons (Fsp3) is 0.870. The maximum Gasteiger partial charge on any atom is 0.328 e. The zero-order valence-electron chi connectivity index (χ0n) is 35.3. The molecule has 6 rings (SSSR count). The zero-order valence-corrected chi connectivity index (χ0v) is 35.3. The summed E-state index contributed by atoms with van der Waals surface area (Å²) in [5.41, 5.74) is 1.50. The Bertz CT molecular complexity index is 1460. The van der Waals surface area contributed by atoms with Crippen molar-refractivity contribution in [3.63, 3.8) is 0 Å². The van der Waals surface area contributed by atoms with Gasteiger partial charge in [-0.2, -0.15) is 0 Å². The lowest BCUT2D eigenvalue weighted by Gasteiger charge is -2.72. The van der Waals surface area contributed by atoms with Crippen molar-refractivity contribution < 1.29 is 28.7 Å². The van der Waals surface area contributed by atoms with Crippen molar-refractivity contribution in [3.05, 3.63) is 12.2 Å². The normalized spacial score (nSPS) is 40.7. The number of unbranched alkanes of at least 4 members (excludes halogenated alkanes) is 4. The highest BCUT2D eigenvalue weighted by molar-refractivity contribution is 5.85. The van der Waals surface area contributed by atoms with Gasteiger partial charge in [0.1, 0.15) is 12.1 Å². The topological polar surface area (TPSA) is 102 Å². The fourth-order valence-corrected chi connectivity index (χ4v) is 14.8. The van der Waals surface area contributed by atoms with Crippen LogP contribution in [0.25, 0.3) is 0 Å². The third-order valence-electron chi connectivity index (χ3n) is 17.7. The maximum atomic E-state index is 14.5. The van der Waals surface area contributed by atoms with E-state index in [1.807, 2.05) is 0 Å². The molecular weight excluding hydrogens is 677 g/mol. The Hall–Kier alpha value is -2.38. The molecule has 8 heteroatoms. The molecule has 304 valence electrons. The van der Waals surface area contributed by atoms with E-state index in [0.717, 1.165) is 77.0 Å². The van der Waals surface area contributed by atoms with Crippen LogP contribution < -0.4 is 5.32 Å².